The number of urea groups is 1. The van der Waals surface area contributed by atoms with Crippen LogP contribution in [-0.4, -0.2) is 18.5 Å². The minimum atomic E-state index is -0.847. The molecule has 5 heteroatoms. The monoisotopic (exact) mass is 243 g/mol. The fourth-order valence-corrected chi connectivity index (χ4v) is 1.66. The van der Waals surface area contributed by atoms with Gasteiger partial charge in [-0.25, -0.2) is 4.79 Å². The lowest BCUT2D eigenvalue weighted by atomic mass is 10.1. The standard InChI is InChI=1S/C13H13N3O2/c14-13(18)16-12(17)8-15-11-6-5-9-3-1-2-4-10(9)7-11/h1-7,15H,8H2,(H3,14,16,17,18). The first kappa shape index (κ1) is 11.9. The summed E-state index contributed by atoms with van der Waals surface area (Å²) in [6, 6.07) is 12.8. The number of rotatable bonds is 3. The second-order valence-electron chi connectivity index (χ2n) is 3.83. The van der Waals surface area contributed by atoms with Gasteiger partial charge in [-0.3, -0.25) is 10.1 Å². The van der Waals surface area contributed by atoms with Gasteiger partial charge >= 0.3 is 6.03 Å². The van der Waals surface area contributed by atoms with Crippen molar-refractivity contribution in [1.82, 2.24) is 5.32 Å². The Morgan fingerprint density at radius 2 is 1.78 bits per heavy atom. The highest BCUT2D eigenvalue weighted by atomic mass is 16.2. The van der Waals surface area contributed by atoms with E-state index < -0.39 is 11.9 Å². The van der Waals surface area contributed by atoms with Crippen molar-refractivity contribution in [2.75, 3.05) is 11.9 Å². The molecule has 0 atom stereocenters. The fourth-order valence-electron chi connectivity index (χ4n) is 1.66. The number of hydrogen-bond acceptors (Lipinski definition) is 3. The number of nitrogens with two attached hydrogens (primary N) is 1. The largest absolute Gasteiger partial charge is 0.376 e. The van der Waals surface area contributed by atoms with E-state index in [1.807, 2.05) is 47.8 Å². The van der Waals surface area contributed by atoms with Gasteiger partial charge in [-0.1, -0.05) is 30.3 Å². The highest BCUT2D eigenvalue weighted by Crippen LogP contribution is 2.18. The lowest BCUT2D eigenvalue weighted by Gasteiger charge is -2.07. The van der Waals surface area contributed by atoms with Crippen LogP contribution in [-0.2, 0) is 4.79 Å². The molecule has 0 aromatic heterocycles. The first-order valence-corrected chi connectivity index (χ1v) is 5.47. The molecule has 0 saturated carbocycles. The Balaban J connectivity index is 2.04. The molecule has 92 valence electrons. The van der Waals surface area contributed by atoms with Gasteiger partial charge in [-0.05, 0) is 22.9 Å². The van der Waals surface area contributed by atoms with Crippen LogP contribution in [0.15, 0.2) is 42.5 Å². The zero-order chi connectivity index (χ0) is 13.0. The summed E-state index contributed by atoms with van der Waals surface area (Å²) in [6.07, 6.45) is 0. The van der Waals surface area contributed by atoms with Crippen LogP contribution in [0, 0.1) is 0 Å². The van der Waals surface area contributed by atoms with Gasteiger partial charge in [0.05, 0.1) is 6.54 Å². The molecule has 0 unspecified atom stereocenters. The molecule has 5 nitrogen and oxygen atoms in total. The predicted molar refractivity (Wildman–Crippen MR) is 70.2 cm³/mol. The third-order valence-corrected chi connectivity index (χ3v) is 2.47. The van der Waals surface area contributed by atoms with Crippen molar-refractivity contribution in [2.45, 2.75) is 0 Å². The van der Waals surface area contributed by atoms with E-state index in [0.717, 1.165) is 16.5 Å². The highest BCUT2D eigenvalue weighted by molar-refractivity contribution is 5.95. The van der Waals surface area contributed by atoms with Crippen LogP contribution in [0.5, 0.6) is 0 Å². The van der Waals surface area contributed by atoms with Crippen molar-refractivity contribution in [3.05, 3.63) is 42.5 Å². The topological polar surface area (TPSA) is 84.2 Å². The van der Waals surface area contributed by atoms with Gasteiger partial charge < -0.3 is 11.1 Å². The lowest BCUT2D eigenvalue weighted by Crippen LogP contribution is -2.38. The van der Waals surface area contributed by atoms with Gasteiger partial charge in [0.1, 0.15) is 0 Å². The average Bonchev–Trinajstić information content (AvgIpc) is 2.35. The molecule has 2 aromatic rings. The average molecular weight is 243 g/mol. The number of benzene rings is 2. The molecular formula is C13H13N3O2. The van der Waals surface area contributed by atoms with Crippen molar-refractivity contribution < 1.29 is 9.59 Å². The summed E-state index contributed by atoms with van der Waals surface area (Å²) < 4.78 is 0. The van der Waals surface area contributed by atoms with Gasteiger partial charge in [-0.15, -0.1) is 0 Å². The van der Waals surface area contributed by atoms with E-state index in [2.05, 4.69) is 5.32 Å². The highest BCUT2D eigenvalue weighted by Gasteiger charge is 2.03. The Morgan fingerprint density at radius 3 is 2.50 bits per heavy atom. The van der Waals surface area contributed by atoms with E-state index in [1.54, 1.807) is 0 Å². The predicted octanol–water partition coefficient (Wildman–Crippen LogP) is 1.45. The number of imide groups is 1. The number of amides is 3. The van der Waals surface area contributed by atoms with Crippen LogP contribution in [0.4, 0.5) is 10.5 Å². The first-order chi connectivity index (χ1) is 8.65. The number of primary amides is 1. The molecular weight excluding hydrogens is 230 g/mol. The number of fused-ring (bicyclic) bond motifs is 1. The van der Waals surface area contributed by atoms with Gasteiger partial charge in [-0.2, -0.15) is 0 Å². The summed E-state index contributed by atoms with van der Waals surface area (Å²) >= 11 is 0. The second kappa shape index (κ2) is 5.18. The van der Waals surface area contributed by atoms with Gasteiger partial charge in [0.25, 0.3) is 0 Å². The molecule has 0 aliphatic carbocycles. The minimum absolute atomic E-state index is 0.00127. The number of anilines is 1. The van der Waals surface area contributed by atoms with Crippen LogP contribution in [0.1, 0.15) is 0 Å². The Morgan fingerprint density at radius 1 is 1.06 bits per heavy atom. The molecule has 2 rings (SSSR count). The summed E-state index contributed by atoms with van der Waals surface area (Å²) in [6.45, 7) is 0.00127. The van der Waals surface area contributed by atoms with E-state index in [9.17, 15) is 9.59 Å². The molecule has 0 spiro atoms. The third kappa shape index (κ3) is 2.98. The normalized spacial score (nSPS) is 10.0. The summed E-state index contributed by atoms with van der Waals surface area (Å²) in [5.41, 5.74) is 5.65. The molecule has 0 aliphatic rings. The summed E-state index contributed by atoms with van der Waals surface area (Å²) in [5, 5.41) is 7.12. The molecule has 0 radical (unpaired) electrons. The van der Waals surface area contributed by atoms with Crippen LogP contribution >= 0.6 is 0 Å². The molecule has 3 amide bonds. The van der Waals surface area contributed by atoms with E-state index in [-0.39, 0.29) is 6.54 Å². The van der Waals surface area contributed by atoms with Crippen molar-refractivity contribution in [2.24, 2.45) is 5.73 Å². The van der Waals surface area contributed by atoms with Crippen molar-refractivity contribution in [1.29, 1.82) is 0 Å². The molecule has 2 aromatic carbocycles. The van der Waals surface area contributed by atoms with Crippen LogP contribution in [0.2, 0.25) is 0 Å². The summed E-state index contributed by atoms with van der Waals surface area (Å²) in [7, 11) is 0. The zero-order valence-corrected chi connectivity index (χ0v) is 9.64. The van der Waals surface area contributed by atoms with Crippen molar-refractivity contribution in [3.63, 3.8) is 0 Å². The van der Waals surface area contributed by atoms with E-state index in [4.69, 9.17) is 5.73 Å². The minimum Gasteiger partial charge on any atom is -0.376 e. The summed E-state index contributed by atoms with van der Waals surface area (Å²) in [5.74, 6) is -0.462. The Kier molecular flexibility index (Phi) is 3.43. The Hall–Kier alpha value is -2.56. The summed E-state index contributed by atoms with van der Waals surface area (Å²) in [4.78, 5) is 21.7. The quantitative estimate of drug-likeness (QED) is 0.762. The maximum Gasteiger partial charge on any atom is 0.318 e. The molecule has 0 fully saturated rings. The molecule has 4 N–H and O–H groups in total. The van der Waals surface area contributed by atoms with Gasteiger partial charge in [0.15, 0.2) is 0 Å². The van der Waals surface area contributed by atoms with E-state index >= 15 is 0 Å². The van der Waals surface area contributed by atoms with Gasteiger partial charge in [0.2, 0.25) is 5.91 Å². The second-order valence-corrected chi connectivity index (χ2v) is 3.83. The number of carbonyl (C=O) groups is 2. The Labute approximate surface area is 104 Å². The SMILES string of the molecule is NC(=O)NC(=O)CNc1ccc2ccccc2c1. The lowest BCUT2D eigenvalue weighted by molar-refractivity contribution is -0.118. The van der Waals surface area contributed by atoms with Crippen molar-refractivity contribution in [3.8, 4) is 0 Å². The van der Waals surface area contributed by atoms with Crippen LogP contribution in [0.3, 0.4) is 0 Å². The number of nitrogens with one attached hydrogen (secondary N) is 2. The molecule has 0 aliphatic heterocycles. The third-order valence-electron chi connectivity index (χ3n) is 2.47. The number of carbonyl (C=O) groups excluding carboxylic acids is 2. The fraction of sp³-hybridized carbons (Fsp3) is 0.0769. The first-order valence-electron chi connectivity index (χ1n) is 5.47. The van der Waals surface area contributed by atoms with E-state index in [1.165, 1.54) is 0 Å². The number of hydrogen-bond donors (Lipinski definition) is 3. The smallest absolute Gasteiger partial charge is 0.318 e. The maximum absolute atomic E-state index is 11.2. The molecule has 0 heterocycles. The zero-order valence-electron chi connectivity index (χ0n) is 9.64. The molecule has 18 heavy (non-hydrogen) atoms. The van der Waals surface area contributed by atoms with Crippen molar-refractivity contribution >= 4 is 28.4 Å². The maximum atomic E-state index is 11.2. The molecule has 0 bridgehead atoms. The van der Waals surface area contributed by atoms with Gasteiger partial charge in [0, 0.05) is 5.69 Å². The Bertz CT molecular complexity index is 596. The van der Waals surface area contributed by atoms with Crippen LogP contribution in [0.25, 0.3) is 10.8 Å². The molecule has 0 saturated heterocycles. The van der Waals surface area contributed by atoms with E-state index in [0.29, 0.717) is 0 Å². The van der Waals surface area contributed by atoms with Crippen LogP contribution < -0.4 is 16.4 Å².